The minimum atomic E-state index is 0.396. The Morgan fingerprint density at radius 1 is 1.12 bits per heavy atom. The predicted octanol–water partition coefficient (Wildman–Crippen LogP) is 2.85. The lowest BCUT2D eigenvalue weighted by molar-refractivity contribution is 0.260. The van der Waals surface area contributed by atoms with Crippen molar-refractivity contribution in [2.75, 3.05) is 0 Å². The van der Waals surface area contributed by atoms with Gasteiger partial charge in [0.05, 0.1) is 0 Å². The maximum atomic E-state index is 6.26. The summed E-state index contributed by atoms with van der Waals surface area (Å²) in [6.07, 6.45) is 9.08. The number of aryl methyl sites for hydroxylation is 2. The fourth-order valence-corrected chi connectivity index (χ4v) is 3.06. The van der Waals surface area contributed by atoms with Crippen molar-refractivity contribution in [1.29, 1.82) is 0 Å². The molecule has 0 radical (unpaired) electrons. The molecule has 1 aromatic carbocycles. The van der Waals surface area contributed by atoms with Gasteiger partial charge in [-0.1, -0.05) is 24.6 Å². The van der Waals surface area contributed by atoms with Crippen molar-refractivity contribution in [2.24, 2.45) is 11.7 Å². The standard InChI is InChI=1S/C15H21N/c16-15(13-4-2-5-13)10-11-7-8-12-3-1-6-14(12)9-11/h7-9,13,15H,1-6,10,16H2. The van der Waals surface area contributed by atoms with Crippen LogP contribution in [0, 0.1) is 5.92 Å². The number of rotatable bonds is 3. The van der Waals surface area contributed by atoms with E-state index < -0.39 is 0 Å². The summed E-state index contributed by atoms with van der Waals surface area (Å²) in [6, 6.07) is 7.42. The maximum Gasteiger partial charge on any atom is 0.0108 e. The van der Waals surface area contributed by atoms with Gasteiger partial charge in [0.2, 0.25) is 0 Å². The number of nitrogens with two attached hydrogens (primary N) is 1. The molecular weight excluding hydrogens is 194 g/mol. The highest BCUT2D eigenvalue weighted by molar-refractivity contribution is 5.35. The topological polar surface area (TPSA) is 26.0 Å². The van der Waals surface area contributed by atoms with E-state index in [1.54, 1.807) is 11.1 Å². The lowest BCUT2D eigenvalue weighted by Gasteiger charge is -2.31. The van der Waals surface area contributed by atoms with Crippen LogP contribution in [0.25, 0.3) is 0 Å². The molecule has 3 rings (SSSR count). The minimum Gasteiger partial charge on any atom is -0.327 e. The lowest BCUT2D eigenvalue weighted by Crippen LogP contribution is -2.36. The third-order valence-electron chi connectivity index (χ3n) is 4.39. The van der Waals surface area contributed by atoms with Gasteiger partial charge in [-0.2, -0.15) is 0 Å². The van der Waals surface area contributed by atoms with Crippen LogP contribution in [-0.4, -0.2) is 6.04 Å². The fraction of sp³-hybridized carbons (Fsp3) is 0.600. The second-order valence-electron chi connectivity index (χ2n) is 5.52. The third-order valence-corrected chi connectivity index (χ3v) is 4.39. The summed E-state index contributed by atoms with van der Waals surface area (Å²) in [6.45, 7) is 0. The zero-order valence-electron chi connectivity index (χ0n) is 9.91. The number of benzene rings is 1. The summed E-state index contributed by atoms with van der Waals surface area (Å²) in [7, 11) is 0. The summed E-state index contributed by atoms with van der Waals surface area (Å²) in [5.41, 5.74) is 10.9. The highest BCUT2D eigenvalue weighted by atomic mass is 14.7. The van der Waals surface area contributed by atoms with Crippen molar-refractivity contribution < 1.29 is 0 Å². The average Bonchev–Trinajstić information content (AvgIpc) is 2.61. The Bertz CT molecular complexity index is 379. The molecule has 0 heterocycles. The van der Waals surface area contributed by atoms with E-state index in [1.165, 1.54) is 44.1 Å². The van der Waals surface area contributed by atoms with Gasteiger partial charge < -0.3 is 5.73 Å². The van der Waals surface area contributed by atoms with E-state index in [-0.39, 0.29) is 0 Å². The summed E-state index contributed by atoms with van der Waals surface area (Å²) in [4.78, 5) is 0. The number of hydrogen-bond acceptors (Lipinski definition) is 1. The Balaban J connectivity index is 1.69. The predicted molar refractivity (Wildman–Crippen MR) is 67.5 cm³/mol. The molecule has 2 N–H and O–H groups in total. The van der Waals surface area contributed by atoms with Crippen molar-refractivity contribution in [3.05, 3.63) is 34.9 Å². The maximum absolute atomic E-state index is 6.26. The molecule has 86 valence electrons. The van der Waals surface area contributed by atoms with E-state index in [0.717, 1.165) is 12.3 Å². The molecular formula is C15H21N. The van der Waals surface area contributed by atoms with E-state index in [9.17, 15) is 0 Å². The monoisotopic (exact) mass is 215 g/mol. The molecule has 0 amide bonds. The van der Waals surface area contributed by atoms with E-state index in [2.05, 4.69) is 18.2 Å². The summed E-state index contributed by atoms with van der Waals surface area (Å²) >= 11 is 0. The first-order chi connectivity index (χ1) is 7.83. The Hall–Kier alpha value is -0.820. The van der Waals surface area contributed by atoms with Crippen molar-refractivity contribution in [3.8, 4) is 0 Å². The first-order valence-electron chi connectivity index (χ1n) is 6.69. The van der Waals surface area contributed by atoms with Crippen LogP contribution in [0.1, 0.15) is 42.4 Å². The minimum absolute atomic E-state index is 0.396. The first kappa shape index (κ1) is 10.3. The van der Waals surface area contributed by atoms with Crippen molar-refractivity contribution in [1.82, 2.24) is 0 Å². The summed E-state index contributed by atoms with van der Waals surface area (Å²) in [5, 5.41) is 0. The van der Waals surface area contributed by atoms with Crippen LogP contribution < -0.4 is 5.73 Å². The van der Waals surface area contributed by atoms with Gasteiger partial charge in [0, 0.05) is 6.04 Å². The molecule has 0 aliphatic heterocycles. The molecule has 0 saturated heterocycles. The zero-order chi connectivity index (χ0) is 11.0. The molecule has 0 aromatic heterocycles. The van der Waals surface area contributed by atoms with E-state index in [0.29, 0.717) is 6.04 Å². The van der Waals surface area contributed by atoms with Gasteiger partial charge in [-0.25, -0.2) is 0 Å². The molecule has 2 aliphatic rings. The normalized spacial score (nSPS) is 21.6. The molecule has 1 heteroatoms. The van der Waals surface area contributed by atoms with Crippen LogP contribution >= 0.6 is 0 Å². The van der Waals surface area contributed by atoms with Crippen molar-refractivity contribution in [3.63, 3.8) is 0 Å². The van der Waals surface area contributed by atoms with Gasteiger partial charge in [0.1, 0.15) is 0 Å². The summed E-state index contributed by atoms with van der Waals surface area (Å²) < 4.78 is 0. The second kappa shape index (κ2) is 4.21. The van der Waals surface area contributed by atoms with Gasteiger partial charge in [-0.15, -0.1) is 0 Å². The zero-order valence-corrected chi connectivity index (χ0v) is 9.91. The van der Waals surface area contributed by atoms with Gasteiger partial charge in [-0.05, 0) is 61.1 Å². The molecule has 2 aliphatic carbocycles. The molecule has 0 spiro atoms. The average molecular weight is 215 g/mol. The van der Waals surface area contributed by atoms with Crippen LogP contribution in [0.15, 0.2) is 18.2 Å². The molecule has 1 nitrogen and oxygen atoms in total. The smallest absolute Gasteiger partial charge is 0.0108 e. The first-order valence-corrected chi connectivity index (χ1v) is 6.69. The molecule has 1 fully saturated rings. The van der Waals surface area contributed by atoms with E-state index >= 15 is 0 Å². The quantitative estimate of drug-likeness (QED) is 0.824. The fourth-order valence-electron chi connectivity index (χ4n) is 3.06. The molecule has 1 aromatic rings. The van der Waals surface area contributed by atoms with Crippen LogP contribution in [0.5, 0.6) is 0 Å². The van der Waals surface area contributed by atoms with Crippen molar-refractivity contribution >= 4 is 0 Å². The third kappa shape index (κ3) is 1.89. The number of fused-ring (bicyclic) bond motifs is 1. The molecule has 1 saturated carbocycles. The molecule has 1 unspecified atom stereocenters. The molecule has 1 atom stereocenters. The lowest BCUT2D eigenvalue weighted by atomic mass is 9.78. The SMILES string of the molecule is NC(Cc1ccc2c(c1)CCC2)C1CCC1. The highest BCUT2D eigenvalue weighted by Crippen LogP contribution is 2.30. The van der Waals surface area contributed by atoms with Gasteiger partial charge in [0.25, 0.3) is 0 Å². The largest absolute Gasteiger partial charge is 0.327 e. The summed E-state index contributed by atoms with van der Waals surface area (Å²) in [5.74, 6) is 0.799. The Morgan fingerprint density at radius 3 is 2.69 bits per heavy atom. The second-order valence-corrected chi connectivity index (χ2v) is 5.52. The molecule has 16 heavy (non-hydrogen) atoms. The van der Waals surface area contributed by atoms with Crippen LogP contribution in [0.3, 0.4) is 0 Å². The number of hydrogen-bond donors (Lipinski definition) is 1. The van der Waals surface area contributed by atoms with Crippen LogP contribution in [0.2, 0.25) is 0 Å². The van der Waals surface area contributed by atoms with E-state index in [4.69, 9.17) is 5.73 Å². The van der Waals surface area contributed by atoms with E-state index in [1.807, 2.05) is 0 Å². The van der Waals surface area contributed by atoms with Crippen molar-refractivity contribution in [2.45, 2.75) is 51.0 Å². The Morgan fingerprint density at radius 2 is 1.94 bits per heavy atom. The highest BCUT2D eigenvalue weighted by Gasteiger charge is 2.24. The molecule has 0 bridgehead atoms. The Kier molecular flexibility index (Phi) is 2.72. The van der Waals surface area contributed by atoms with Crippen LogP contribution in [-0.2, 0) is 19.3 Å². The van der Waals surface area contributed by atoms with Gasteiger partial charge >= 0.3 is 0 Å². The van der Waals surface area contributed by atoms with Crippen LogP contribution in [0.4, 0.5) is 0 Å². The van der Waals surface area contributed by atoms with Gasteiger partial charge in [0.15, 0.2) is 0 Å². The Labute approximate surface area is 98.0 Å². The van der Waals surface area contributed by atoms with Gasteiger partial charge in [-0.3, -0.25) is 0 Å².